The minimum atomic E-state index is 0.0322. The summed E-state index contributed by atoms with van der Waals surface area (Å²) >= 11 is 0. The van der Waals surface area contributed by atoms with E-state index in [2.05, 4.69) is 222 Å². The van der Waals surface area contributed by atoms with E-state index in [4.69, 9.17) is 4.98 Å². The molecule has 0 bridgehead atoms. The largest absolute Gasteiger partial charge is 0.256 e. The molecule has 0 amide bonds. The first-order chi connectivity index (χ1) is 33.0. The van der Waals surface area contributed by atoms with Crippen LogP contribution in [0.1, 0.15) is 48.6 Å². The lowest BCUT2D eigenvalue weighted by Crippen LogP contribution is -2.11. The molecule has 10 rings (SSSR count). The third kappa shape index (κ3) is 8.60. The summed E-state index contributed by atoms with van der Waals surface area (Å²) in [4.78, 5) is 14.0. The molecule has 0 N–H and O–H groups in total. The summed E-state index contributed by atoms with van der Waals surface area (Å²) in [6.45, 7) is 15.9. The Balaban J connectivity index is 1.16. The van der Waals surface area contributed by atoms with Gasteiger partial charge in [-0.3, -0.25) is 15.0 Å². The van der Waals surface area contributed by atoms with E-state index in [1.54, 1.807) is 0 Å². The van der Waals surface area contributed by atoms with Gasteiger partial charge in [0.1, 0.15) is 0 Å². The number of nitrogens with zero attached hydrogens (tertiary/aromatic N) is 3. The standard InChI is InChI=1S/C65H55N3/c1-42-43(2)45(4)64(63(44(42)3)51-32-30-50(31-33-51)62-41-55(34-37-68-62)65(5,6)7)54-39-52(58-18-10-8-16-56(58)46-22-26-48(27-23-46)60-20-12-14-35-66-60)38-53(40-54)59-19-11-9-17-57(59)47-24-28-49(29-25-47)61-21-13-15-36-67-61/h8-41H,1-7H3. The number of hydrogen-bond donors (Lipinski definition) is 0. The van der Waals surface area contributed by atoms with Gasteiger partial charge in [0.05, 0.1) is 17.1 Å². The van der Waals surface area contributed by atoms with E-state index >= 15 is 0 Å². The zero-order chi connectivity index (χ0) is 46.9. The number of aromatic nitrogens is 3. The maximum absolute atomic E-state index is 4.81. The quantitative estimate of drug-likeness (QED) is 0.145. The summed E-state index contributed by atoms with van der Waals surface area (Å²) in [5, 5.41) is 0. The molecule has 0 fully saturated rings. The Morgan fingerprint density at radius 1 is 0.279 bits per heavy atom. The van der Waals surface area contributed by atoms with E-state index in [0.717, 1.165) is 56.0 Å². The highest BCUT2D eigenvalue weighted by Crippen LogP contribution is 2.46. The van der Waals surface area contributed by atoms with Crippen LogP contribution in [-0.2, 0) is 5.41 Å². The van der Waals surface area contributed by atoms with Crippen LogP contribution < -0.4 is 0 Å². The summed E-state index contributed by atoms with van der Waals surface area (Å²) in [6.07, 6.45) is 5.64. The van der Waals surface area contributed by atoms with Gasteiger partial charge in [-0.1, -0.05) is 154 Å². The van der Waals surface area contributed by atoms with Crippen LogP contribution in [0.25, 0.3) is 101 Å². The van der Waals surface area contributed by atoms with Gasteiger partial charge in [0.15, 0.2) is 0 Å². The smallest absolute Gasteiger partial charge is 0.0704 e. The molecule has 0 saturated heterocycles. The van der Waals surface area contributed by atoms with Crippen LogP contribution in [0.2, 0.25) is 0 Å². The van der Waals surface area contributed by atoms with Gasteiger partial charge in [-0.25, -0.2) is 0 Å². The van der Waals surface area contributed by atoms with E-state index in [-0.39, 0.29) is 5.41 Å². The summed E-state index contributed by atoms with van der Waals surface area (Å²) in [7, 11) is 0. The Bertz CT molecular complexity index is 3270. The number of rotatable bonds is 9. The third-order valence-electron chi connectivity index (χ3n) is 13.8. The highest BCUT2D eigenvalue weighted by Gasteiger charge is 2.22. The van der Waals surface area contributed by atoms with Gasteiger partial charge < -0.3 is 0 Å². The lowest BCUT2D eigenvalue weighted by atomic mass is 9.80. The van der Waals surface area contributed by atoms with Crippen LogP contribution in [0.5, 0.6) is 0 Å². The van der Waals surface area contributed by atoms with Crippen molar-refractivity contribution in [1.29, 1.82) is 0 Å². The average molecular weight is 878 g/mol. The molecule has 330 valence electrons. The molecule has 68 heavy (non-hydrogen) atoms. The van der Waals surface area contributed by atoms with Crippen molar-refractivity contribution in [3.8, 4) is 101 Å². The number of benzene rings is 7. The maximum Gasteiger partial charge on any atom is 0.0704 e. The van der Waals surface area contributed by atoms with Crippen LogP contribution in [0, 0.1) is 27.7 Å². The first-order valence-corrected chi connectivity index (χ1v) is 23.6. The Morgan fingerprint density at radius 2 is 0.632 bits per heavy atom. The second kappa shape index (κ2) is 18.3. The molecule has 0 radical (unpaired) electrons. The first kappa shape index (κ1) is 43.9. The van der Waals surface area contributed by atoms with Crippen LogP contribution in [0.4, 0.5) is 0 Å². The van der Waals surface area contributed by atoms with Crippen LogP contribution >= 0.6 is 0 Å². The van der Waals surface area contributed by atoms with Crippen molar-refractivity contribution >= 4 is 0 Å². The van der Waals surface area contributed by atoms with E-state index in [9.17, 15) is 0 Å². The number of hydrogen-bond acceptors (Lipinski definition) is 3. The van der Waals surface area contributed by atoms with Crippen LogP contribution in [0.15, 0.2) is 207 Å². The van der Waals surface area contributed by atoms with Gasteiger partial charge in [0.25, 0.3) is 0 Å². The summed E-state index contributed by atoms with van der Waals surface area (Å²) in [6, 6.07) is 68.1. The predicted octanol–water partition coefficient (Wildman–Crippen LogP) is 17.4. The molecule has 3 nitrogen and oxygen atoms in total. The first-order valence-electron chi connectivity index (χ1n) is 23.6. The lowest BCUT2D eigenvalue weighted by Gasteiger charge is -2.23. The third-order valence-corrected chi connectivity index (χ3v) is 13.8. The zero-order valence-electron chi connectivity index (χ0n) is 40.0. The molecule has 10 aromatic rings. The van der Waals surface area contributed by atoms with Gasteiger partial charge in [0, 0.05) is 35.3 Å². The van der Waals surface area contributed by atoms with Crippen molar-refractivity contribution in [2.45, 2.75) is 53.9 Å². The van der Waals surface area contributed by atoms with E-state index in [1.165, 1.54) is 72.3 Å². The fourth-order valence-corrected chi connectivity index (χ4v) is 9.66. The van der Waals surface area contributed by atoms with Crippen molar-refractivity contribution in [3.05, 3.63) is 234 Å². The number of pyridine rings is 3. The highest BCUT2D eigenvalue weighted by molar-refractivity contribution is 5.96. The SMILES string of the molecule is Cc1c(C)c(C)c(-c2cc(-c3ccccc3-c3ccc(-c4ccccn4)cc3)cc(-c3ccccc3-c3ccc(-c4ccccn4)cc3)c2)c(-c2ccc(-c3cc(C(C)(C)C)ccn3)cc2)c1C. The normalized spacial score (nSPS) is 11.5. The molecule has 3 heteroatoms. The van der Waals surface area contributed by atoms with Crippen molar-refractivity contribution in [2.24, 2.45) is 0 Å². The van der Waals surface area contributed by atoms with Crippen molar-refractivity contribution in [3.63, 3.8) is 0 Å². The summed E-state index contributed by atoms with van der Waals surface area (Å²) < 4.78 is 0. The average Bonchev–Trinajstić information content (AvgIpc) is 3.39. The fourth-order valence-electron chi connectivity index (χ4n) is 9.66. The Kier molecular flexibility index (Phi) is 11.8. The van der Waals surface area contributed by atoms with Crippen molar-refractivity contribution < 1.29 is 0 Å². The van der Waals surface area contributed by atoms with Gasteiger partial charge in [-0.05, 0) is 182 Å². The van der Waals surface area contributed by atoms with E-state index in [0.29, 0.717) is 0 Å². The monoisotopic (exact) mass is 877 g/mol. The molecule has 3 heterocycles. The van der Waals surface area contributed by atoms with Gasteiger partial charge in [-0.15, -0.1) is 0 Å². The molecule has 0 atom stereocenters. The molecular formula is C65H55N3. The molecular weight excluding hydrogens is 823 g/mol. The Morgan fingerprint density at radius 3 is 1.06 bits per heavy atom. The molecule has 0 aliphatic heterocycles. The van der Waals surface area contributed by atoms with Gasteiger partial charge >= 0.3 is 0 Å². The topological polar surface area (TPSA) is 38.7 Å². The van der Waals surface area contributed by atoms with E-state index < -0.39 is 0 Å². The second-order valence-corrected chi connectivity index (χ2v) is 19.0. The molecule has 0 aliphatic rings. The summed E-state index contributed by atoms with van der Waals surface area (Å²) in [5.74, 6) is 0. The van der Waals surface area contributed by atoms with Crippen LogP contribution in [-0.4, -0.2) is 15.0 Å². The maximum atomic E-state index is 4.81. The second-order valence-electron chi connectivity index (χ2n) is 19.0. The Labute approximate surface area is 402 Å². The van der Waals surface area contributed by atoms with Crippen LogP contribution in [0.3, 0.4) is 0 Å². The molecule has 0 unspecified atom stereocenters. The van der Waals surface area contributed by atoms with Crippen molar-refractivity contribution in [1.82, 2.24) is 15.0 Å². The minimum absolute atomic E-state index is 0.0322. The predicted molar refractivity (Wildman–Crippen MR) is 286 cm³/mol. The minimum Gasteiger partial charge on any atom is -0.256 e. The molecule has 0 aliphatic carbocycles. The Hall–Kier alpha value is -8.01. The molecule has 7 aromatic carbocycles. The summed E-state index contributed by atoms with van der Waals surface area (Å²) in [5.41, 5.74) is 26.9. The van der Waals surface area contributed by atoms with Crippen molar-refractivity contribution in [2.75, 3.05) is 0 Å². The molecule has 0 spiro atoms. The van der Waals surface area contributed by atoms with Gasteiger partial charge in [-0.2, -0.15) is 0 Å². The zero-order valence-corrected chi connectivity index (χ0v) is 40.0. The van der Waals surface area contributed by atoms with Gasteiger partial charge in [0.2, 0.25) is 0 Å². The molecule has 0 saturated carbocycles. The van der Waals surface area contributed by atoms with E-state index in [1.807, 2.05) is 42.9 Å². The lowest BCUT2D eigenvalue weighted by molar-refractivity contribution is 0.589. The fraction of sp³-hybridized carbons (Fsp3) is 0.123. The molecule has 3 aromatic heterocycles. The highest BCUT2D eigenvalue weighted by atomic mass is 14.7.